The summed E-state index contributed by atoms with van der Waals surface area (Å²) in [6.07, 6.45) is 1.38. The molecule has 0 N–H and O–H groups in total. The Kier molecular flexibility index (Phi) is 3.80. The molecule has 1 aromatic heterocycles. The third kappa shape index (κ3) is 3.47. The van der Waals surface area contributed by atoms with Crippen molar-refractivity contribution in [2.24, 2.45) is 0 Å². The Hall–Kier alpha value is -1.55. The van der Waals surface area contributed by atoms with Crippen LogP contribution >= 0.6 is 15.9 Å². The van der Waals surface area contributed by atoms with Crippen LogP contribution in [0.1, 0.15) is 20.8 Å². The van der Waals surface area contributed by atoms with E-state index < -0.39 is 5.60 Å². The predicted octanol–water partition coefficient (Wildman–Crippen LogP) is 4.70. The Morgan fingerprint density at radius 3 is 2.37 bits per heavy atom. The van der Waals surface area contributed by atoms with Crippen LogP contribution in [-0.4, -0.2) is 16.3 Å². The molecular weight excluding hydrogens is 306 g/mol. The molecule has 19 heavy (non-hydrogen) atoms. The first-order valence-electron chi connectivity index (χ1n) is 6.03. The molecule has 2 rings (SSSR count). The second kappa shape index (κ2) is 5.21. The van der Waals surface area contributed by atoms with Crippen molar-refractivity contribution in [2.45, 2.75) is 26.4 Å². The van der Waals surface area contributed by atoms with Gasteiger partial charge in [0.05, 0.1) is 4.60 Å². The molecule has 0 saturated carbocycles. The number of hydrogen-bond acceptors (Lipinski definition) is 2. The van der Waals surface area contributed by atoms with Crippen molar-refractivity contribution in [3.63, 3.8) is 0 Å². The summed E-state index contributed by atoms with van der Waals surface area (Å²) in [5.41, 5.74) is 1.53. The second-order valence-electron chi connectivity index (χ2n) is 5.27. The van der Waals surface area contributed by atoms with Crippen molar-refractivity contribution in [3.8, 4) is 11.1 Å². The largest absolute Gasteiger partial charge is 0.443 e. The molecule has 1 heterocycles. The van der Waals surface area contributed by atoms with Crippen molar-refractivity contribution in [1.29, 1.82) is 0 Å². The van der Waals surface area contributed by atoms with Gasteiger partial charge in [0.1, 0.15) is 5.60 Å². The number of rotatable bonds is 1. The smallest absolute Gasteiger partial charge is 0.419 e. The fourth-order valence-corrected chi connectivity index (χ4v) is 2.17. The number of hydrogen-bond donors (Lipinski definition) is 0. The van der Waals surface area contributed by atoms with E-state index in [9.17, 15) is 4.79 Å². The minimum Gasteiger partial charge on any atom is -0.443 e. The number of carbonyl (C=O) groups excluding carboxylic acids is 1. The summed E-state index contributed by atoms with van der Waals surface area (Å²) >= 11 is 3.38. The van der Waals surface area contributed by atoms with Crippen LogP contribution in [0.4, 0.5) is 4.79 Å². The van der Waals surface area contributed by atoms with Gasteiger partial charge in [0, 0.05) is 11.8 Å². The molecule has 3 nitrogen and oxygen atoms in total. The summed E-state index contributed by atoms with van der Waals surface area (Å²) in [7, 11) is 0. The molecule has 0 atom stereocenters. The maximum Gasteiger partial charge on any atom is 0.419 e. The van der Waals surface area contributed by atoms with Gasteiger partial charge in [-0.1, -0.05) is 30.3 Å². The average molecular weight is 322 g/mol. The molecule has 2 aromatic rings. The van der Waals surface area contributed by atoms with Crippen molar-refractivity contribution < 1.29 is 9.53 Å². The third-order valence-electron chi connectivity index (χ3n) is 2.47. The Bertz CT molecular complexity index is 582. The molecule has 4 heteroatoms. The van der Waals surface area contributed by atoms with Gasteiger partial charge in [0.2, 0.25) is 0 Å². The van der Waals surface area contributed by atoms with E-state index in [4.69, 9.17) is 4.74 Å². The van der Waals surface area contributed by atoms with Gasteiger partial charge >= 0.3 is 6.09 Å². The highest BCUT2D eigenvalue weighted by atomic mass is 79.9. The first kappa shape index (κ1) is 13.9. The van der Waals surface area contributed by atoms with Crippen LogP contribution in [0.25, 0.3) is 11.1 Å². The van der Waals surface area contributed by atoms with Crippen LogP contribution in [0.2, 0.25) is 0 Å². The summed E-state index contributed by atoms with van der Waals surface area (Å²) < 4.78 is 7.49. The fourth-order valence-electron chi connectivity index (χ4n) is 1.68. The van der Waals surface area contributed by atoms with Gasteiger partial charge in [-0.3, -0.25) is 0 Å². The van der Waals surface area contributed by atoms with E-state index in [1.165, 1.54) is 4.57 Å². The molecule has 0 radical (unpaired) electrons. The van der Waals surface area contributed by atoms with Gasteiger partial charge < -0.3 is 4.74 Å². The normalized spacial score (nSPS) is 11.4. The van der Waals surface area contributed by atoms with Gasteiger partial charge in [-0.2, -0.15) is 0 Å². The zero-order chi connectivity index (χ0) is 14.0. The van der Waals surface area contributed by atoms with Gasteiger partial charge in [-0.25, -0.2) is 9.36 Å². The third-order valence-corrected chi connectivity index (χ3v) is 3.08. The summed E-state index contributed by atoms with van der Waals surface area (Å²) in [6, 6.07) is 11.8. The maximum absolute atomic E-state index is 12.0. The summed E-state index contributed by atoms with van der Waals surface area (Å²) in [5.74, 6) is 0. The number of nitrogens with zero attached hydrogens (tertiary/aromatic N) is 1. The Morgan fingerprint density at radius 1 is 1.16 bits per heavy atom. The standard InChI is InChI=1S/C15H16BrNO2/c1-15(2,3)19-14(18)17-10-12(9-13(17)16)11-7-5-4-6-8-11/h4-10H,1-3H3. The molecule has 0 aliphatic carbocycles. The van der Waals surface area contributed by atoms with Gasteiger partial charge in [-0.05, 0) is 48.3 Å². The van der Waals surface area contributed by atoms with E-state index in [1.807, 2.05) is 57.2 Å². The van der Waals surface area contributed by atoms with Crippen molar-refractivity contribution in [3.05, 3.63) is 47.2 Å². The predicted molar refractivity (Wildman–Crippen MR) is 79.2 cm³/mol. The zero-order valence-electron chi connectivity index (χ0n) is 11.2. The molecule has 100 valence electrons. The monoisotopic (exact) mass is 321 g/mol. The van der Waals surface area contributed by atoms with E-state index in [-0.39, 0.29) is 6.09 Å². The number of benzene rings is 1. The van der Waals surface area contributed by atoms with Crippen LogP contribution in [0, 0.1) is 0 Å². The van der Waals surface area contributed by atoms with Crippen LogP contribution in [0.5, 0.6) is 0 Å². The lowest BCUT2D eigenvalue weighted by atomic mass is 10.1. The highest BCUT2D eigenvalue weighted by Gasteiger charge is 2.19. The minimum absolute atomic E-state index is 0.387. The van der Waals surface area contributed by atoms with Crippen molar-refractivity contribution in [1.82, 2.24) is 4.57 Å². The molecular formula is C15H16BrNO2. The molecule has 0 fully saturated rings. The van der Waals surface area contributed by atoms with E-state index in [1.54, 1.807) is 6.20 Å². The first-order valence-corrected chi connectivity index (χ1v) is 6.83. The van der Waals surface area contributed by atoms with E-state index >= 15 is 0 Å². The Labute approximate surface area is 121 Å². The molecule has 0 amide bonds. The quantitative estimate of drug-likeness (QED) is 0.762. The number of ether oxygens (including phenoxy) is 1. The zero-order valence-corrected chi connectivity index (χ0v) is 12.8. The second-order valence-corrected chi connectivity index (χ2v) is 6.08. The molecule has 0 saturated heterocycles. The molecule has 0 unspecified atom stereocenters. The number of halogens is 1. The topological polar surface area (TPSA) is 31.2 Å². The molecule has 0 aliphatic heterocycles. The Balaban J connectivity index is 2.30. The van der Waals surface area contributed by atoms with Crippen LogP contribution < -0.4 is 0 Å². The Morgan fingerprint density at radius 2 is 1.79 bits per heavy atom. The van der Waals surface area contributed by atoms with Gasteiger partial charge in [0.15, 0.2) is 0 Å². The minimum atomic E-state index is -0.506. The summed E-state index contributed by atoms with van der Waals surface area (Å²) in [4.78, 5) is 12.0. The number of carbonyl (C=O) groups is 1. The molecule has 0 bridgehead atoms. The fraction of sp³-hybridized carbons (Fsp3) is 0.267. The first-order chi connectivity index (χ1) is 8.87. The molecule has 0 aliphatic rings. The highest BCUT2D eigenvalue weighted by molar-refractivity contribution is 9.10. The molecule has 0 spiro atoms. The van der Waals surface area contributed by atoms with E-state index in [0.717, 1.165) is 11.1 Å². The van der Waals surface area contributed by atoms with Crippen LogP contribution in [0.3, 0.4) is 0 Å². The van der Waals surface area contributed by atoms with Gasteiger partial charge in [-0.15, -0.1) is 0 Å². The summed E-state index contributed by atoms with van der Waals surface area (Å²) in [6.45, 7) is 5.54. The van der Waals surface area contributed by atoms with Crippen LogP contribution in [0.15, 0.2) is 47.2 Å². The lowest BCUT2D eigenvalue weighted by Crippen LogP contribution is -2.26. The lowest BCUT2D eigenvalue weighted by molar-refractivity contribution is 0.0534. The average Bonchev–Trinajstić information content (AvgIpc) is 2.70. The number of aromatic nitrogens is 1. The van der Waals surface area contributed by atoms with E-state index in [2.05, 4.69) is 15.9 Å². The SMILES string of the molecule is CC(C)(C)OC(=O)n1cc(-c2ccccc2)cc1Br. The van der Waals surface area contributed by atoms with Crippen LogP contribution in [-0.2, 0) is 4.74 Å². The van der Waals surface area contributed by atoms with Crippen molar-refractivity contribution in [2.75, 3.05) is 0 Å². The highest BCUT2D eigenvalue weighted by Crippen LogP contribution is 2.25. The summed E-state index contributed by atoms with van der Waals surface area (Å²) in [5, 5.41) is 0. The van der Waals surface area contributed by atoms with Crippen molar-refractivity contribution >= 4 is 22.0 Å². The van der Waals surface area contributed by atoms with Gasteiger partial charge in [0.25, 0.3) is 0 Å². The lowest BCUT2D eigenvalue weighted by Gasteiger charge is -2.19. The maximum atomic E-state index is 12.0. The molecule has 1 aromatic carbocycles. The van der Waals surface area contributed by atoms with E-state index in [0.29, 0.717) is 4.60 Å².